The van der Waals surface area contributed by atoms with Crippen LogP contribution in [0.4, 0.5) is 5.69 Å². The number of aromatic nitrogens is 1. The number of ether oxygens (including phenoxy) is 1. The van der Waals surface area contributed by atoms with E-state index in [2.05, 4.69) is 9.88 Å². The number of nitrogens with zero attached hydrogens (tertiary/aromatic N) is 1. The number of unbranched alkanes of at least 4 members (excludes halogenated alkanes) is 1. The van der Waals surface area contributed by atoms with Crippen molar-refractivity contribution >= 4 is 23.2 Å². The number of methoxy groups -OCH3 is 1. The summed E-state index contributed by atoms with van der Waals surface area (Å²) in [7, 11) is 1.56. The first-order valence-electron chi connectivity index (χ1n) is 7.68. The highest BCUT2D eigenvalue weighted by atomic mass is 79.9. The maximum Gasteiger partial charge on any atom is 0.224 e. The van der Waals surface area contributed by atoms with E-state index in [0.717, 1.165) is 24.9 Å². The molecule has 4 nitrogen and oxygen atoms in total. The molecule has 2 aromatic rings. The van der Waals surface area contributed by atoms with Crippen molar-refractivity contribution < 1.29 is 31.1 Å². The van der Waals surface area contributed by atoms with Crippen LogP contribution in [-0.2, 0) is 11.3 Å². The molecule has 6 heteroatoms. The minimum atomic E-state index is -0.0110. The third-order valence-electron chi connectivity index (χ3n) is 3.60. The zero-order valence-electron chi connectivity index (χ0n) is 13.9. The van der Waals surface area contributed by atoms with Gasteiger partial charge in [0.05, 0.1) is 12.8 Å². The molecular weight excluding hydrogens is 392 g/mol. The second kappa shape index (κ2) is 10.3. The summed E-state index contributed by atoms with van der Waals surface area (Å²) >= 11 is 6.07. The van der Waals surface area contributed by atoms with Crippen molar-refractivity contribution in [1.29, 1.82) is 0 Å². The fraction of sp³-hybridized carbons (Fsp3) is 0.333. The summed E-state index contributed by atoms with van der Waals surface area (Å²) in [6.07, 6.45) is 6.34. The minimum absolute atomic E-state index is 0. The van der Waals surface area contributed by atoms with E-state index in [9.17, 15) is 4.79 Å². The van der Waals surface area contributed by atoms with Crippen molar-refractivity contribution in [3.05, 3.63) is 53.3 Å². The molecule has 24 heavy (non-hydrogen) atoms. The average molecular weight is 414 g/mol. The number of benzene rings is 1. The Morgan fingerprint density at radius 3 is 2.58 bits per heavy atom. The van der Waals surface area contributed by atoms with E-state index in [0.29, 0.717) is 22.9 Å². The largest absolute Gasteiger partial charge is 1.00 e. The summed E-state index contributed by atoms with van der Waals surface area (Å²) in [5.74, 6) is 0.567. The molecule has 0 spiro atoms. The zero-order chi connectivity index (χ0) is 16.7. The number of amides is 1. The zero-order valence-corrected chi connectivity index (χ0v) is 16.2. The van der Waals surface area contributed by atoms with Gasteiger partial charge in [-0.15, -0.1) is 0 Å². The summed E-state index contributed by atoms with van der Waals surface area (Å²) in [6, 6.07) is 9.55. The summed E-state index contributed by atoms with van der Waals surface area (Å²) in [5, 5.41) is 3.52. The van der Waals surface area contributed by atoms with Gasteiger partial charge in [0.25, 0.3) is 0 Å². The summed E-state index contributed by atoms with van der Waals surface area (Å²) < 4.78 is 7.38. The Bertz CT molecular complexity index is 666. The first-order chi connectivity index (χ1) is 11.1. The van der Waals surface area contributed by atoms with Crippen molar-refractivity contribution in [2.24, 2.45) is 0 Å². The van der Waals surface area contributed by atoms with E-state index in [-0.39, 0.29) is 22.9 Å². The molecule has 1 heterocycles. The first kappa shape index (κ1) is 20.5. The number of carbonyl (C=O) groups excluding carboxylic acids is 1. The Hall–Kier alpha value is -1.59. The van der Waals surface area contributed by atoms with Gasteiger partial charge in [0.1, 0.15) is 12.3 Å². The molecule has 0 aliphatic rings. The molecule has 1 aromatic heterocycles. The van der Waals surface area contributed by atoms with Gasteiger partial charge in [-0.25, -0.2) is 4.57 Å². The van der Waals surface area contributed by atoms with E-state index in [1.165, 1.54) is 0 Å². The van der Waals surface area contributed by atoms with Gasteiger partial charge in [0.15, 0.2) is 12.4 Å². The van der Waals surface area contributed by atoms with E-state index >= 15 is 0 Å². The van der Waals surface area contributed by atoms with Crippen LogP contribution < -0.4 is 31.6 Å². The third kappa shape index (κ3) is 6.13. The molecule has 0 radical (unpaired) electrons. The molecular formula is C18H22BrClN2O2. The average Bonchev–Trinajstić information content (AvgIpc) is 2.56. The number of carbonyl (C=O) groups is 1. The third-order valence-corrected chi connectivity index (χ3v) is 4.01. The minimum Gasteiger partial charge on any atom is -1.00 e. The second-order valence-electron chi connectivity index (χ2n) is 5.42. The van der Waals surface area contributed by atoms with E-state index in [1.54, 1.807) is 13.2 Å². The number of hydrogen-bond donors (Lipinski definition) is 1. The second-order valence-corrected chi connectivity index (χ2v) is 5.83. The van der Waals surface area contributed by atoms with E-state index < -0.39 is 0 Å². The highest BCUT2D eigenvalue weighted by Crippen LogP contribution is 2.31. The lowest BCUT2D eigenvalue weighted by Crippen LogP contribution is -3.00. The van der Waals surface area contributed by atoms with Gasteiger partial charge in [-0.05, 0) is 25.0 Å². The Morgan fingerprint density at radius 1 is 1.21 bits per heavy atom. The maximum atomic E-state index is 12.1. The molecule has 1 aromatic carbocycles. The molecule has 0 aliphatic carbocycles. The fourth-order valence-electron chi connectivity index (χ4n) is 2.31. The van der Waals surface area contributed by atoms with Crippen molar-refractivity contribution in [2.75, 3.05) is 12.4 Å². The van der Waals surface area contributed by atoms with Gasteiger partial charge < -0.3 is 27.0 Å². The highest BCUT2D eigenvalue weighted by Gasteiger charge is 2.10. The molecule has 2 rings (SSSR count). The predicted octanol–water partition coefficient (Wildman–Crippen LogP) is 0.758. The van der Waals surface area contributed by atoms with Crippen molar-refractivity contribution in [1.82, 2.24) is 0 Å². The Morgan fingerprint density at radius 2 is 1.92 bits per heavy atom. The smallest absolute Gasteiger partial charge is 0.224 e. The van der Waals surface area contributed by atoms with Crippen molar-refractivity contribution in [3.8, 4) is 5.75 Å². The van der Waals surface area contributed by atoms with Gasteiger partial charge in [0.2, 0.25) is 5.91 Å². The van der Waals surface area contributed by atoms with Gasteiger partial charge in [-0.3, -0.25) is 4.79 Å². The van der Waals surface area contributed by atoms with Crippen molar-refractivity contribution in [3.63, 3.8) is 0 Å². The normalized spacial score (nSPS) is 9.96. The number of pyridine rings is 1. The molecule has 0 aliphatic heterocycles. The van der Waals surface area contributed by atoms with Crippen LogP contribution in [0.1, 0.15) is 24.8 Å². The van der Waals surface area contributed by atoms with Gasteiger partial charge >= 0.3 is 0 Å². The Kier molecular flexibility index (Phi) is 8.79. The Labute approximate surface area is 158 Å². The Balaban J connectivity index is 0.00000288. The summed E-state index contributed by atoms with van der Waals surface area (Å²) in [5.41, 5.74) is 1.57. The fourth-order valence-corrected chi connectivity index (χ4v) is 2.46. The molecule has 1 N–H and O–H groups in total. The monoisotopic (exact) mass is 412 g/mol. The summed E-state index contributed by atoms with van der Waals surface area (Å²) in [6.45, 7) is 2.81. The van der Waals surface area contributed by atoms with Gasteiger partial charge in [0, 0.05) is 36.1 Å². The van der Waals surface area contributed by atoms with Crippen LogP contribution in [0.2, 0.25) is 5.02 Å². The van der Waals surface area contributed by atoms with E-state index in [4.69, 9.17) is 16.3 Å². The lowest BCUT2D eigenvalue weighted by molar-refractivity contribution is -0.697. The first-order valence-corrected chi connectivity index (χ1v) is 8.06. The van der Waals surface area contributed by atoms with Crippen LogP contribution in [-0.4, -0.2) is 13.0 Å². The molecule has 0 saturated carbocycles. The number of nitrogens with one attached hydrogen (secondary N) is 1. The molecule has 0 unspecified atom stereocenters. The van der Waals surface area contributed by atoms with Crippen LogP contribution in [0.3, 0.4) is 0 Å². The van der Waals surface area contributed by atoms with Crippen LogP contribution in [0.15, 0.2) is 42.7 Å². The molecule has 0 bridgehead atoms. The SMILES string of the molecule is COc1cc(Cl)c(C)cc1NC(=O)CCCC[n+]1ccccc1.[Br-]. The van der Waals surface area contributed by atoms with Gasteiger partial charge in [-0.2, -0.15) is 0 Å². The lowest BCUT2D eigenvalue weighted by atomic mass is 10.2. The molecule has 130 valence electrons. The number of anilines is 1. The predicted molar refractivity (Wildman–Crippen MR) is 91.9 cm³/mol. The van der Waals surface area contributed by atoms with Crippen LogP contribution in [0.5, 0.6) is 5.75 Å². The number of rotatable bonds is 7. The lowest BCUT2D eigenvalue weighted by Gasteiger charge is -2.12. The highest BCUT2D eigenvalue weighted by molar-refractivity contribution is 6.31. The number of hydrogen-bond acceptors (Lipinski definition) is 2. The standard InChI is InChI=1S/C18H21ClN2O2.BrH/c1-14-12-16(17(23-2)13-15(14)19)20-18(22)8-4-7-11-21-9-5-3-6-10-21;/h3,5-6,9-10,12-13H,4,7-8,11H2,1-2H3;1H. The summed E-state index contributed by atoms with van der Waals surface area (Å²) in [4.78, 5) is 12.1. The molecule has 0 saturated heterocycles. The number of aryl methyl sites for hydroxylation is 2. The molecule has 1 amide bonds. The maximum absolute atomic E-state index is 12.1. The molecule has 0 fully saturated rings. The quantitative estimate of drug-likeness (QED) is 0.538. The van der Waals surface area contributed by atoms with E-state index in [1.807, 2.05) is 43.6 Å². The van der Waals surface area contributed by atoms with Crippen molar-refractivity contribution in [2.45, 2.75) is 32.7 Å². The number of halogens is 2. The van der Waals surface area contributed by atoms with Crippen LogP contribution in [0, 0.1) is 6.92 Å². The topological polar surface area (TPSA) is 42.2 Å². The van der Waals surface area contributed by atoms with Gasteiger partial charge in [-0.1, -0.05) is 17.7 Å². The van der Waals surface area contributed by atoms with Crippen LogP contribution in [0.25, 0.3) is 0 Å². The van der Waals surface area contributed by atoms with Crippen LogP contribution >= 0.6 is 11.6 Å². The molecule has 0 atom stereocenters.